The Balaban J connectivity index is 2.80. The Morgan fingerprint density at radius 2 is 2.33 bits per heavy atom. The van der Waals surface area contributed by atoms with Crippen LogP contribution in [0, 0.1) is 0 Å². The van der Waals surface area contributed by atoms with Crippen LogP contribution >= 0.6 is 27.5 Å². The number of benzene rings is 1. The molecule has 0 bridgehead atoms. The van der Waals surface area contributed by atoms with Crippen molar-refractivity contribution in [1.82, 2.24) is 5.43 Å². The van der Waals surface area contributed by atoms with Crippen LogP contribution in [0.15, 0.2) is 22.7 Å². The van der Waals surface area contributed by atoms with Crippen molar-refractivity contribution < 1.29 is 9.53 Å². The number of hydrogen-bond acceptors (Lipinski definition) is 3. The number of carbonyl (C=O) groups excluding carboxylic acids is 1. The molecular weight excluding hydrogens is 283 g/mol. The summed E-state index contributed by atoms with van der Waals surface area (Å²) in [4.78, 5) is 11.1. The molecule has 15 heavy (non-hydrogen) atoms. The third-order valence-electron chi connectivity index (χ3n) is 1.71. The van der Waals surface area contributed by atoms with E-state index in [1.165, 1.54) is 0 Å². The van der Waals surface area contributed by atoms with Gasteiger partial charge in [0.15, 0.2) is 6.10 Å². The molecule has 1 amide bonds. The van der Waals surface area contributed by atoms with Crippen LogP contribution in [0.2, 0.25) is 5.02 Å². The molecular formula is C9H10BrClN2O2. The van der Waals surface area contributed by atoms with Gasteiger partial charge in [-0.2, -0.15) is 0 Å². The highest BCUT2D eigenvalue weighted by Crippen LogP contribution is 2.28. The maximum Gasteiger partial charge on any atom is 0.274 e. The molecule has 0 spiro atoms. The molecule has 1 aromatic rings. The van der Waals surface area contributed by atoms with Crippen LogP contribution in [0.25, 0.3) is 0 Å². The Bertz CT molecular complexity index is 373. The molecule has 0 aromatic heterocycles. The van der Waals surface area contributed by atoms with Gasteiger partial charge in [-0.15, -0.1) is 0 Å². The standard InChI is InChI=1S/C9H10BrClN2O2/c1-5(9(14)13-12)15-8-4-6(10)2-3-7(8)11/h2-5H,12H2,1H3,(H,13,14). The maximum atomic E-state index is 11.1. The van der Waals surface area contributed by atoms with Gasteiger partial charge in [-0.3, -0.25) is 10.2 Å². The van der Waals surface area contributed by atoms with E-state index in [1.54, 1.807) is 25.1 Å². The van der Waals surface area contributed by atoms with E-state index < -0.39 is 12.0 Å². The van der Waals surface area contributed by atoms with E-state index in [2.05, 4.69) is 15.9 Å². The molecule has 0 aliphatic rings. The molecule has 0 saturated heterocycles. The number of nitrogens with one attached hydrogen (secondary N) is 1. The Kier molecular flexibility index (Phi) is 4.38. The zero-order valence-corrected chi connectivity index (χ0v) is 10.3. The fourth-order valence-electron chi connectivity index (χ4n) is 0.929. The lowest BCUT2D eigenvalue weighted by Crippen LogP contribution is -2.40. The highest BCUT2D eigenvalue weighted by Gasteiger charge is 2.14. The predicted molar refractivity (Wildman–Crippen MR) is 61.6 cm³/mol. The summed E-state index contributed by atoms with van der Waals surface area (Å²) in [7, 11) is 0. The van der Waals surface area contributed by atoms with Gasteiger partial charge in [0.2, 0.25) is 0 Å². The fraction of sp³-hybridized carbons (Fsp3) is 0.222. The molecule has 82 valence electrons. The summed E-state index contributed by atoms with van der Waals surface area (Å²) >= 11 is 9.16. The molecule has 1 unspecified atom stereocenters. The number of carbonyl (C=O) groups is 1. The largest absolute Gasteiger partial charge is 0.479 e. The Hall–Kier alpha value is -0.780. The highest BCUT2D eigenvalue weighted by molar-refractivity contribution is 9.10. The fourth-order valence-corrected chi connectivity index (χ4v) is 1.43. The van der Waals surface area contributed by atoms with Crippen LogP contribution in [0.1, 0.15) is 6.92 Å². The molecule has 1 rings (SSSR count). The van der Waals surface area contributed by atoms with Crippen molar-refractivity contribution in [1.29, 1.82) is 0 Å². The van der Waals surface area contributed by atoms with Gasteiger partial charge in [0.1, 0.15) is 5.75 Å². The molecule has 0 heterocycles. The van der Waals surface area contributed by atoms with Crippen LogP contribution in [0.4, 0.5) is 0 Å². The van der Waals surface area contributed by atoms with Crippen molar-refractivity contribution in [3.05, 3.63) is 27.7 Å². The number of halogens is 2. The van der Waals surface area contributed by atoms with E-state index in [9.17, 15) is 4.79 Å². The van der Waals surface area contributed by atoms with Crippen LogP contribution in [-0.2, 0) is 4.79 Å². The average molecular weight is 294 g/mol. The molecule has 1 aromatic carbocycles. The first-order chi connectivity index (χ1) is 7.04. The van der Waals surface area contributed by atoms with Gasteiger partial charge < -0.3 is 4.74 Å². The van der Waals surface area contributed by atoms with Gasteiger partial charge in [-0.05, 0) is 25.1 Å². The minimum Gasteiger partial charge on any atom is -0.479 e. The van der Waals surface area contributed by atoms with Crippen molar-refractivity contribution in [3.63, 3.8) is 0 Å². The summed E-state index contributed by atoms with van der Waals surface area (Å²) in [5.41, 5.74) is 2.00. The lowest BCUT2D eigenvalue weighted by atomic mass is 10.3. The number of rotatable bonds is 3. The Morgan fingerprint density at radius 3 is 2.93 bits per heavy atom. The van der Waals surface area contributed by atoms with Gasteiger partial charge in [0, 0.05) is 4.47 Å². The van der Waals surface area contributed by atoms with Crippen LogP contribution in [0.3, 0.4) is 0 Å². The second-order valence-corrected chi connectivity index (χ2v) is 4.17. The molecule has 0 radical (unpaired) electrons. The topological polar surface area (TPSA) is 64.3 Å². The summed E-state index contributed by atoms with van der Waals surface area (Å²) in [6, 6.07) is 5.14. The summed E-state index contributed by atoms with van der Waals surface area (Å²) in [6.07, 6.45) is -0.693. The molecule has 1 atom stereocenters. The van der Waals surface area contributed by atoms with Crippen LogP contribution in [-0.4, -0.2) is 12.0 Å². The normalized spacial score (nSPS) is 12.0. The van der Waals surface area contributed by atoms with Gasteiger partial charge in [0.25, 0.3) is 5.91 Å². The number of ether oxygens (including phenoxy) is 1. The third kappa shape index (κ3) is 3.37. The molecule has 6 heteroatoms. The highest BCUT2D eigenvalue weighted by atomic mass is 79.9. The van der Waals surface area contributed by atoms with E-state index in [-0.39, 0.29) is 0 Å². The molecule has 0 aliphatic carbocycles. The lowest BCUT2D eigenvalue weighted by Gasteiger charge is -2.14. The van der Waals surface area contributed by atoms with Gasteiger partial charge in [-0.1, -0.05) is 27.5 Å². The number of hydrazine groups is 1. The van der Waals surface area contributed by atoms with E-state index in [0.29, 0.717) is 10.8 Å². The van der Waals surface area contributed by atoms with E-state index in [0.717, 1.165) is 4.47 Å². The number of amides is 1. The van der Waals surface area contributed by atoms with Crippen molar-refractivity contribution in [2.24, 2.45) is 5.84 Å². The zero-order valence-electron chi connectivity index (χ0n) is 7.96. The lowest BCUT2D eigenvalue weighted by molar-refractivity contribution is -0.127. The van der Waals surface area contributed by atoms with E-state index >= 15 is 0 Å². The predicted octanol–water partition coefficient (Wildman–Crippen LogP) is 1.86. The van der Waals surface area contributed by atoms with Crippen molar-refractivity contribution >= 4 is 33.4 Å². The molecule has 0 fully saturated rings. The van der Waals surface area contributed by atoms with E-state index in [4.69, 9.17) is 22.2 Å². The molecule has 0 aliphatic heterocycles. The smallest absolute Gasteiger partial charge is 0.274 e. The Morgan fingerprint density at radius 1 is 1.67 bits per heavy atom. The molecule has 4 nitrogen and oxygen atoms in total. The summed E-state index contributed by atoms with van der Waals surface area (Å²) < 4.78 is 6.15. The second kappa shape index (κ2) is 5.34. The average Bonchev–Trinajstić information content (AvgIpc) is 2.22. The quantitative estimate of drug-likeness (QED) is 0.508. The maximum absolute atomic E-state index is 11.1. The van der Waals surface area contributed by atoms with Crippen molar-refractivity contribution in [2.75, 3.05) is 0 Å². The first-order valence-electron chi connectivity index (χ1n) is 4.16. The third-order valence-corrected chi connectivity index (χ3v) is 2.51. The first-order valence-corrected chi connectivity index (χ1v) is 5.34. The summed E-state index contributed by atoms with van der Waals surface area (Å²) in [5, 5.41) is 0.440. The van der Waals surface area contributed by atoms with E-state index in [1.807, 2.05) is 5.43 Å². The minimum atomic E-state index is -0.693. The van der Waals surface area contributed by atoms with Gasteiger partial charge in [0.05, 0.1) is 5.02 Å². The summed E-state index contributed by atoms with van der Waals surface area (Å²) in [6.45, 7) is 1.58. The van der Waals surface area contributed by atoms with Crippen LogP contribution < -0.4 is 16.0 Å². The molecule has 0 saturated carbocycles. The van der Waals surface area contributed by atoms with Gasteiger partial charge >= 0.3 is 0 Å². The molecule has 3 N–H and O–H groups in total. The first kappa shape index (κ1) is 12.3. The SMILES string of the molecule is CC(Oc1cc(Br)ccc1Cl)C(=O)NN. The van der Waals surface area contributed by atoms with Crippen molar-refractivity contribution in [3.8, 4) is 5.75 Å². The Labute approximate surface area is 101 Å². The van der Waals surface area contributed by atoms with Gasteiger partial charge in [-0.25, -0.2) is 5.84 Å². The van der Waals surface area contributed by atoms with Crippen molar-refractivity contribution in [2.45, 2.75) is 13.0 Å². The summed E-state index contributed by atoms with van der Waals surface area (Å²) in [5.74, 6) is 4.99. The second-order valence-electron chi connectivity index (χ2n) is 2.84. The number of hydrogen-bond donors (Lipinski definition) is 2. The van der Waals surface area contributed by atoms with Crippen LogP contribution in [0.5, 0.6) is 5.75 Å². The monoisotopic (exact) mass is 292 g/mol. The zero-order chi connectivity index (χ0) is 11.4. The number of nitrogens with two attached hydrogens (primary N) is 1. The minimum absolute atomic E-state index is 0.411.